The van der Waals surface area contributed by atoms with Crippen LogP contribution in [0.25, 0.3) is 0 Å². The summed E-state index contributed by atoms with van der Waals surface area (Å²) in [6.07, 6.45) is 0. The van der Waals surface area contributed by atoms with Gasteiger partial charge in [-0.1, -0.05) is 13.8 Å². The second-order valence-electron chi connectivity index (χ2n) is 4.53. The second kappa shape index (κ2) is 7.50. The maximum Gasteiger partial charge on any atom is 0.251 e. The molecule has 4 nitrogen and oxygen atoms in total. The Kier molecular flexibility index (Phi) is 6.31. The summed E-state index contributed by atoms with van der Waals surface area (Å²) in [5.74, 6) is -0.0912. The van der Waals surface area contributed by atoms with E-state index in [2.05, 4.69) is 40.0 Å². The van der Waals surface area contributed by atoms with Gasteiger partial charge >= 0.3 is 0 Å². The Hall–Kier alpha value is -1.07. The number of nitrogens with zero attached hydrogens (tertiary/aromatic N) is 1. The predicted octanol–water partition coefficient (Wildman–Crippen LogP) is 2.61. The second-order valence-corrected chi connectivity index (χ2v) is 5.38. The molecule has 0 radical (unpaired) electrons. The summed E-state index contributed by atoms with van der Waals surface area (Å²) >= 11 is 3.19. The van der Waals surface area contributed by atoms with Crippen LogP contribution in [0.1, 0.15) is 31.1 Å². The molecule has 0 heterocycles. The SMILES string of the molecule is CCN(CC)CC(C)NC(=O)c1ccc(Br)c(O)c1. The molecule has 0 aromatic heterocycles. The van der Waals surface area contributed by atoms with Gasteiger partial charge in [0.05, 0.1) is 4.47 Å². The number of carbonyl (C=O) groups is 1. The van der Waals surface area contributed by atoms with Crippen LogP contribution in [0.2, 0.25) is 0 Å². The molecule has 0 aliphatic carbocycles. The lowest BCUT2D eigenvalue weighted by atomic mass is 10.2. The van der Waals surface area contributed by atoms with E-state index in [4.69, 9.17) is 0 Å². The maximum absolute atomic E-state index is 12.0. The number of hydrogen-bond acceptors (Lipinski definition) is 3. The van der Waals surface area contributed by atoms with Gasteiger partial charge in [-0.15, -0.1) is 0 Å². The fourth-order valence-electron chi connectivity index (χ4n) is 1.88. The molecule has 0 fully saturated rings. The first kappa shape index (κ1) is 16.0. The van der Waals surface area contributed by atoms with Crippen molar-refractivity contribution in [3.05, 3.63) is 28.2 Å². The number of likely N-dealkylation sites (N-methyl/N-ethyl adjacent to an activating group) is 1. The van der Waals surface area contributed by atoms with Crippen LogP contribution in [0, 0.1) is 0 Å². The largest absolute Gasteiger partial charge is 0.507 e. The lowest BCUT2D eigenvalue weighted by Gasteiger charge is -2.23. The summed E-state index contributed by atoms with van der Waals surface area (Å²) in [5.41, 5.74) is 0.465. The number of benzene rings is 1. The number of nitrogens with one attached hydrogen (secondary N) is 1. The predicted molar refractivity (Wildman–Crippen MR) is 80.5 cm³/mol. The highest BCUT2D eigenvalue weighted by Gasteiger charge is 2.13. The summed E-state index contributed by atoms with van der Waals surface area (Å²) in [6, 6.07) is 4.88. The van der Waals surface area contributed by atoms with Crippen LogP contribution in [-0.2, 0) is 0 Å². The zero-order valence-electron chi connectivity index (χ0n) is 11.6. The fraction of sp³-hybridized carbons (Fsp3) is 0.500. The van der Waals surface area contributed by atoms with Crippen LogP contribution < -0.4 is 5.32 Å². The lowest BCUT2D eigenvalue weighted by molar-refractivity contribution is 0.0930. The van der Waals surface area contributed by atoms with Crippen molar-refractivity contribution in [1.29, 1.82) is 0 Å². The van der Waals surface area contributed by atoms with Gasteiger partial charge in [0, 0.05) is 18.2 Å². The number of rotatable bonds is 6. The smallest absolute Gasteiger partial charge is 0.251 e. The van der Waals surface area contributed by atoms with Crippen molar-refractivity contribution >= 4 is 21.8 Å². The summed E-state index contributed by atoms with van der Waals surface area (Å²) in [6.45, 7) is 8.94. The van der Waals surface area contributed by atoms with Crippen LogP contribution in [0.4, 0.5) is 0 Å². The van der Waals surface area contributed by atoms with E-state index in [0.717, 1.165) is 19.6 Å². The Bertz CT molecular complexity index is 433. The fourth-order valence-corrected chi connectivity index (χ4v) is 2.12. The Morgan fingerprint density at radius 3 is 2.58 bits per heavy atom. The van der Waals surface area contributed by atoms with Crippen LogP contribution in [0.5, 0.6) is 5.75 Å². The molecule has 1 aromatic carbocycles. The highest BCUT2D eigenvalue weighted by Crippen LogP contribution is 2.24. The van der Waals surface area contributed by atoms with Crippen LogP contribution in [-0.4, -0.2) is 41.6 Å². The molecule has 5 heteroatoms. The Balaban J connectivity index is 2.61. The summed E-state index contributed by atoms with van der Waals surface area (Å²) < 4.78 is 0.584. The first-order chi connectivity index (χ1) is 8.97. The Morgan fingerprint density at radius 1 is 1.42 bits per heavy atom. The van der Waals surface area contributed by atoms with E-state index in [9.17, 15) is 9.90 Å². The molecular formula is C14H21BrN2O2. The number of hydrogen-bond donors (Lipinski definition) is 2. The molecular weight excluding hydrogens is 308 g/mol. The van der Waals surface area contributed by atoms with E-state index in [-0.39, 0.29) is 17.7 Å². The Morgan fingerprint density at radius 2 is 2.05 bits per heavy atom. The number of amides is 1. The molecule has 106 valence electrons. The third kappa shape index (κ3) is 4.84. The van der Waals surface area contributed by atoms with E-state index < -0.39 is 0 Å². The zero-order chi connectivity index (χ0) is 14.4. The summed E-state index contributed by atoms with van der Waals surface area (Å²) in [4.78, 5) is 14.3. The number of phenolic OH excluding ortho intramolecular Hbond substituents is 1. The molecule has 0 aliphatic heterocycles. The normalized spacial score (nSPS) is 12.5. The Labute approximate surface area is 122 Å². The summed E-state index contributed by atoms with van der Waals surface area (Å²) in [5, 5.41) is 12.5. The minimum atomic E-state index is -0.164. The van der Waals surface area contributed by atoms with Crippen molar-refractivity contribution in [3.63, 3.8) is 0 Å². The van der Waals surface area contributed by atoms with Crippen molar-refractivity contribution in [1.82, 2.24) is 10.2 Å². The highest BCUT2D eigenvalue weighted by atomic mass is 79.9. The standard InChI is InChI=1S/C14H21BrN2O2/c1-4-17(5-2)9-10(3)16-14(19)11-6-7-12(15)13(18)8-11/h6-8,10,18H,4-5,9H2,1-3H3,(H,16,19). The van der Waals surface area contributed by atoms with E-state index >= 15 is 0 Å². The van der Waals surface area contributed by atoms with E-state index in [1.165, 1.54) is 6.07 Å². The van der Waals surface area contributed by atoms with Gasteiger partial charge in [0.1, 0.15) is 5.75 Å². The van der Waals surface area contributed by atoms with Gasteiger partial charge in [-0.2, -0.15) is 0 Å². The highest BCUT2D eigenvalue weighted by molar-refractivity contribution is 9.10. The van der Waals surface area contributed by atoms with Gasteiger partial charge < -0.3 is 15.3 Å². The van der Waals surface area contributed by atoms with Gasteiger partial charge in [-0.25, -0.2) is 0 Å². The average molecular weight is 329 g/mol. The van der Waals surface area contributed by atoms with E-state index in [0.29, 0.717) is 10.0 Å². The first-order valence-corrected chi connectivity index (χ1v) is 7.28. The van der Waals surface area contributed by atoms with Crippen molar-refractivity contribution in [3.8, 4) is 5.75 Å². The monoisotopic (exact) mass is 328 g/mol. The minimum Gasteiger partial charge on any atom is -0.507 e. The summed E-state index contributed by atoms with van der Waals surface area (Å²) in [7, 11) is 0. The average Bonchev–Trinajstić information content (AvgIpc) is 2.38. The molecule has 0 saturated carbocycles. The van der Waals surface area contributed by atoms with E-state index in [1.54, 1.807) is 12.1 Å². The molecule has 0 aliphatic rings. The molecule has 0 bridgehead atoms. The molecule has 0 saturated heterocycles. The maximum atomic E-state index is 12.0. The third-order valence-electron chi connectivity index (χ3n) is 3.01. The number of phenols is 1. The molecule has 0 spiro atoms. The van der Waals surface area contributed by atoms with Crippen molar-refractivity contribution in [2.45, 2.75) is 26.8 Å². The van der Waals surface area contributed by atoms with Gasteiger partial charge in [-0.3, -0.25) is 4.79 Å². The number of carbonyl (C=O) groups excluding carboxylic acids is 1. The topological polar surface area (TPSA) is 52.6 Å². The quantitative estimate of drug-likeness (QED) is 0.844. The lowest BCUT2D eigenvalue weighted by Crippen LogP contribution is -2.41. The third-order valence-corrected chi connectivity index (χ3v) is 3.68. The molecule has 1 aromatic rings. The van der Waals surface area contributed by atoms with Crippen molar-refractivity contribution < 1.29 is 9.90 Å². The first-order valence-electron chi connectivity index (χ1n) is 6.49. The van der Waals surface area contributed by atoms with Gasteiger partial charge in [-0.05, 0) is 54.1 Å². The van der Waals surface area contributed by atoms with Gasteiger partial charge in [0.2, 0.25) is 0 Å². The molecule has 1 rings (SSSR count). The van der Waals surface area contributed by atoms with Gasteiger partial charge in [0.15, 0.2) is 0 Å². The van der Waals surface area contributed by atoms with Crippen molar-refractivity contribution in [2.75, 3.05) is 19.6 Å². The van der Waals surface area contributed by atoms with Crippen LogP contribution >= 0.6 is 15.9 Å². The zero-order valence-corrected chi connectivity index (χ0v) is 13.2. The van der Waals surface area contributed by atoms with Crippen molar-refractivity contribution in [2.24, 2.45) is 0 Å². The van der Waals surface area contributed by atoms with Gasteiger partial charge in [0.25, 0.3) is 5.91 Å². The number of halogens is 1. The number of aromatic hydroxyl groups is 1. The van der Waals surface area contributed by atoms with Crippen LogP contribution in [0.3, 0.4) is 0 Å². The molecule has 1 unspecified atom stereocenters. The molecule has 2 N–H and O–H groups in total. The molecule has 1 atom stereocenters. The molecule has 1 amide bonds. The van der Waals surface area contributed by atoms with E-state index in [1.807, 2.05) is 6.92 Å². The minimum absolute atomic E-state index is 0.0678. The van der Waals surface area contributed by atoms with Crippen LogP contribution in [0.15, 0.2) is 22.7 Å². The molecule has 19 heavy (non-hydrogen) atoms.